The quantitative estimate of drug-likeness (QED) is 0.897. The van der Waals surface area contributed by atoms with Crippen molar-refractivity contribution in [3.63, 3.8) is 0 Å². The number of hydrogen-bond donors (Lipinski definition) is 1. The summed E-state index contributed by atoms with van der Waals surface area (Å²) in [6, 6.07) is 3.00. The standard InChI is InChI=1S/C12H17FN2OS/c1-16-12(4-7-17-8-5-12)9-15-11-10(13)3-2-6-14-11/h2-3,6H,4-5,7-9H2,1H3,(H,14,15). The van der Waals surface area contributed by atoms with Gasteiger partial charge < -0.3 is 10.1 Å². The molecule has 3 nitrogen and oxygen atoms in total. The Morgan fingerprint density at radius 1 is 1.53 bits per heavy atom. The fraction of sp³-hybridized carbons (Fsp3) is 0.583. The predicted molar refractivity (Wildman–Crippen MR) is 69.0 cm³/mol. The molecule has 1 aromatic heterocycles. The topological polar surface area (TPSA) is 34.1 Å². The third-order valence-corrected chi connectivity index (χ3v) is 4.16. The number of rotatable bonds is 4. The van der Waals surface area contributed by atoms with Crippen LogP contribution in [0.3, 0.4) is 0 Å². The average Bonchev–Trinajstić information content (AvgIpc) is 2.39. The lowest BCUT2D eigenvalue weighted by molar-refractivity contribution is -0.00558. The highest BCUT2D eigenvalue weighted by Crippen LogP contribution is 2.30. The summed E-state index contributed by atoms with van der Waals surface area (Å²) in [7, 11) is 1.73. The molecule has 17 heavy (non-hydrogen) atoms. The minimum atomic E-state index is -0.316. The minimum Gasteiger partial charge on any atom is -0.376 e. The highest BCUT2D eigenvalue weighted by Gasteiger charge is 2.32. The summed E-state index contributed by atoms with van der Waals surface area (Å²) in [5.41, 5.74) is -0.171. The van der Waals surface area contributed by atoms with Crippen LogP contribution in [0.5, 0.6) is 0 Å². The Bertz CT molecular complexity index is 369. The van der Waals surface area contributed by atoms with Crippen LogP contribution >= 0.6 is 11.8 Å². The molecule has 0 aromatic carbocycles. The van der Waals surface area contributed by atoms with E-state index in [0.717, 1.165) is 24.3 Å². The fourth-order valence-electron chi connectivity index (χ4n) is 1.96. The van der Waals surface area contributed by atoms with E-state index in [1.165, 1.54) is 6.07 Å². The first-order valence-electron chi connectivity index (χ1n) is 5.73. The highest BCUT2D eigenvalue weighted by atomic mass is 32.2. The Kier molecular flexibility index (Phi) is 4.23. The van der Waals surface area contributed by atoms with E-state index in [0.29, 0.717) is 12.4 Å². The summed E-state index contributed by atoms with van der Waals surface area (Å²) in [6.07, 6.45) is 3.58. The predicted octanol–water partition coefficient (Wildman–Crippen LogP) is 2.54. The Hall–Kier alpha value is -0.810. The Labute approximate surface area is 105 Å². The van der Waals surface area contributed by atoms with Gasteiger partial charge in [0.1, 0.15) is 0 Å². The lowest BCUT2D eigenvalue weighted by Crippen LogP contribution is -2.42. The van der Waals surface area contributed by atoms with Crippen LogP contribution in [0.15, 0.2) is 18.3 Å². The maximum Gasteiger partial charge on any atom is 0.165 e. The first-order chi connectivity index (χ1) is 8.26. The van der Waals surface area contributed by atoms with Crippen LogP contribution in [0, 0.1) is 5.82 Å². The van der Waals surface area contributed by atoms with Crippen LogP contribution in [0.2, 0.25) is 0 Å². The summed E-state index contributed by atoms with van der Waals surface area (Å²) in [5, 5.41) is 3.05. The van der Waals surface area contributed by atoms with Crippen LogP contribution in [0.1, 0.15) is 12.8 Å². The first-order valence-corrected chi connectivity index (χ1v) is 6.88. The number of pyridine rings is 1. The molecule has 94 valence electrons. The van der Waals surface area contributed by atoms with Gasteiger partial charge in [0.2, 0.25) is 0 Å². The molecule has 0 radical (unpaired) electrons. The van der Waals surface area contributed by atoms with Crippen molar-refractivity contribution in [2.45, 2.75) is 18.4 Å². The molecule has 1 saturated heterocycles. The van der Waals surface area contributed by atoms with Crippen molar-refractivity contribution < 1.29 is 9.13 Å². The van der Waals surface area contributed by atoms with Crippen LogP contribution in [0.4, 0.5) is 10.2 Å². The van der Waals surface area contributed by atoms with Gasteiger partial charge in [-0.15, -0.1) is 0 Å². The molecule has 1 aromatic rings. The maximum absolute atomic E-state index is 13.4. The van der Waals surface area contributed by atoms with Crippen LogP contribution in [0.25, 0.3) is 0 Å². The van der Waals surface area contributed by atoms with Gasteiger partial charge in [0.25, 0.3) is 0 Å². The van der Waals surface area contributed by atoms with Crippen LogP contribution < -0.4 is 5.32 Å². The van der Waals surface area contributed by atoms with E-state index >= 15 is 0 Å². The second kappa shape index (κ2) is 5.69. The molecule has 2 rings (SSSR count). The first kappa shape index (κ1) is 12.6. The number of ether oxygens (including phenoxy) is 1. The number of nitrogens with zero attached hydrogens (tertiary/aromatic N) is 1. The van der Waals surface area contributed by atoms with E-state index in [4.69, 9.17) is 4.74 Å². The second-order valence-electron chi connectivity index (χ2n) is 4.19. The van der Waals surface area contributed by atoms with Gasteiger partial charge in [0.15, 0.2) is 11.6 Å². The molecule has 0 aliphatic carbocycles. The van der Waals surface area contributed by atoms with Gasteiger partial charge >= 0.3 is 0 Å². The molecule has 5 heteroatoms. The van der Waals surface area contributed by atoms with Gasteiger partial charge in [-0.2, -0.15) is 11.8 Å². The third-order valence-electron chi connectivity index (χ3n) is 3.17. The van der Waals surface area contributed by atoms with E-state index in [2.05, 4.69) is 10.3 Å². The Balaban J connectivity index is 1.98. The number of thioether (sulfide) groups is 1. The van der Waals surface area contributed by atoms with Crippen molar-refractivity contribution in [3.05, 3.63) is 24.1 Å². The summed E-state index contributed by atoms with van der Waals surface area (Å²) < 4.78 is 19.0. The van der Waals surface area contributed by atoms with E-state index in [1.54, 1.807) is 19.4 Å². The van der Waals surface area contributed by atoms with Crippen molar-refractivity contribution in [3.8, 4) is 0 Å². The van der Waals surface area contributed by atoms with Crippen molar-refractivity contribution in [1.29, 1.82) is 0 Å². The summed E-state index contributed by atoms with van der Waals surface area (Å²) in [4.78, 5) is 3.98. The molecule has 0 saturated carbocycles. The van der Waals surface area contributed by atoms with Crippen molar-refractivity contribution >= 4 is 17.6 Å². The largest absolute Gasteiger partial charge is 0.376 e. The summed E-state index contributed by atoms with van der Waals surface area (Å²) >= 11 is 1.94. The van der Waals surface area contributed by atoms with Crippen molar-refractivity contribution in [2.24, 2.45) is 0 Å². The average molecular weight is 256 g/mol. The van der Waals surface area contributed by atoms with Crippen molar-refractivity contribution in [2.75, 3.05) is 30.5 Å². The number of methoxy groups -OCH3 is 1. The number of hydrogen-bond acceptors (Lipinski definition) is 4. The van der Waals surface area contributed by atoms with Gasteiger partial charge in [0, 0.05) is 19.9 Å². The zero-order chi connectivity index (χ0) is 12.1. The number of aromatic nitrogens is 1. The molecule has 1 N–H and O–H groups in total. The molecule has 2 heterocycles. The highest BCUT2D eigenvalue weighted by molar-refractivity contribution is 7.99. The molecule has 0 amide bonds. The minimum absolute atomic E-state index is 0.171. The normalized spacial score (nSPS) is 18.9. The lowest BCUT2D eigenvalue weighted by Gasteiger charge is -2.35. The smallest absolute Gasteiger partial charge is 0.165 e. The van der Waals surface area contributed by atoms with E-state index in [-0.39, 0.29) is 11.4 Å². The van der Waals surface area contributed by atoms with Crippen LogP contribution in [-0.4, -0.2) is 35.7 Å². The molecule has 0 bridgehead atoms. The fourth-order valence-corrected chi connectivity index (χ4v) is 3.19. The zero-order valence-electron chi connectivity index (χ0n) is 9.91. The van der Waals surface area contributed by atoms with Crippen molar-refractivity contribution in [1.82, 2.24) is 4.98 Å². The van der Waals surface area contributed by atoms with Crippen LogP contribution in [-0.2, 0) is 4.74 Å². The molecule has 0 spiro atoms. The molecule has 1 aliphatic rings. The molecule has 1 aliphatic heterocycles. The monoisotopic (exact) mass is 256 g/mol. The van der Waals surface area contributed by atoms with Gasteiger partial charge in [-0.1, -0.05) is 0 Å². The summed E-state index contributed by atoms with van der Waals surface area (Å²) in [5.74, 6) is 2.19. The molecule has 1 fully saturated rings. The number of nitrogens with one attached hydrogen (secondary N) is 1. The number of anilines is 1. The number of halogens is 1. The van der Waals surface area contributed by atoms with Gasteiger partial charge in [-0.25, -0.2) is 9.37 Å². The van der Waals surface area contributed by atoms with E-state index in [1.807, 2.05) is 11.8 Å². The van der Waals surface area contributed by atoms with E-state index < -0.39 is 0 Å². The van der Waals surface area contributed by atoms with Gasteiger partial charge in [0.05, 0.1) is 5.60 Å². The molecule has 0 atom stereocenters. The maximum atomic E-state index is 13.4. The van der Waals surface area contributed by atoms with Gasteiger partial charge in [-0.3, -0.25) is 0 Å². The second-order valence-corrected chi connectivity index (χ2v) is 5.41. The van der Waals surface area contributed by atoms with E-state index in [9.17, 15) is 4.39 Å². The third kappa shape index (κ3) is 3.10. The molecule has 0 unspecified atom stereocenters. The lowest BCUT2D eigenvalue weighted by atomic mass is 9.96. The SMILES string of the molecule is COC1(CNc2ncccc2F)CCSCC1. The van der Waals surface area contributed by atoms with Gasteiger partial charge in [-0.05, 0) is 36.5 Å². The Morgan fingerprint density at radius 2 is 2.29 bits per heavy atom. The Morgan fingerprint density at radius 3 is 2.94 bits per heavy atom. The zero-order valence-corrected chi connectivity index (χ0v) is 10.7. The molecular formula is C12H17FN2OS. The molecular weight excluding hydrogens is 239 g/mol. The summed E-state index contributed by atoms with van der Waals surface area (Å²) in [6.45, 7) is 0.609.